The summed E-state index contributed by atoms with van der Waals surface area (Å²) in [6.07, 6.45) is 1.57. The average molecular weight is 465 g/mol. The van der Waals surface area contributed by atoms with Crippen LogP contribution in [0, 0.1) is 6.92 Å². The maximum Gasteiger partial charge on any atom is 0.278 e. The molecule has 0 saturated carbocycles. The molecule has 0 aliphatic carbocycles. The van der Waals surface area contributed by atoms with Gasteiger partial charge in [-0.2, -0.15) is 0 Å². The highest BCUT2D eigenvalue weighted by Crippen LogP contribution is 2.26. The summed E-state index contributed by atoms with van der Waals surface area (Å²) in [5.74, 6) is -0.383. The van der Waals surface area contributed by atoms with Crippen LogP contribution in [0.3, 0.4) is 0 Å². The number of amides is 1. The van der Waals surface area contributed by atoms with Crippen LogP contribution in [-0.4, -0.2) is 25.8 Å². The van der Waals surface area contributed by atoms with Crippen LogP contribution in [0.2, 0.25) is 0 Å². The predicted octanol–water partition coefficient (Wildman–Crippen LogP) is 4.55. The number of carbonyl (C=O) groups excluding carboxylic acids is 2. The molecule has 0 aliphatic rings. The number of nitrogens with zero attached hydrogens (tertiary/aromatic N) is 3. The van der Waals surface area contributed by atoms with Gasteiger partial charge in [0.25, 0.3) is 5.56 Å². The number of carbonyl (C=O) groups is 2. The van der Waals surface area contributed by atoms with Gasteiger partial charge in [-0.3, -0.25) is 19.0 Å². The molecule has 5 aromatic rings. The zero-order chi connectivity index (χ0) is 24.5. The van der Waals surface area contributed by atoms with Crippen molar-refractivity contribution in [2.45, 2.75) is 26.9 Å². The lowest BCUT2D eigenvalue weighted by Crippen LogP contribution is -2.25. The highest BCUT2D eigenvalue weighted by atomic mass is 16.2. The van der Waals surface area contributed by atoms with Crippen molar-refractivity contribution >= 4 is 39.3 Å². The Hall–Kier alpha value is -4.52. The van der Waals surface area contributed by atoms with Crippen molar-refractivity contribution in [1.29, 1.82) is 0 Å². The van der Waals surface area contributed by atoms with E-state index in [0.29, 0.717) is 28.8 Å². The largest absolute Gasteiger partial charge is 0.325 e. The fourth-order valence-corrected chi connectivity index (χ4v) is 4.33. The lowest BCUT2D eigenvalue weighted by atomic mass is 10.1. The molecule has 7 nitrogen and oxygen atoms in total. The molecule has 2 heterocycles. The van der Waals surface area contributed by atoms with E-state index in [0.717, 1.165) is 22.0 Å². The first-order valence-electron chi connectivity index (χ1n) is 11.3. The third-order valence-electron chi connectivity index (χ3n) is 6.03. The summed E-state index contributed by atoms with van der Waals surface area (Å²) >= 11 is 0. The van der Waals surface area contributed by atoms with Crippen LogP contribution in [-0.2, 0) is 17.9 Å². The molecule has 3 aromatic carbocycles. The van der Waals surface area contributed by atoms with Crippen LogP contribution >= 0.6 is 0 Å². The standard InChI is InChI=1S/C28H24N4O3/c1-18-11-12-24-23(13-18)26-27(28(35)31(17-29-26)15-20-7-4-3-5-8-20)32(24)16-25(34)30-22-10-6-9-21(14-22)19(2)33/h3-14,17H,15-16H2,1-2H3,(H,30,34). The van der Waals surface area contributed by atoms with E-state index in [4.69, 9.17) is 0 Å². The first-order chi connectivity index (χ1) is 16.9. The molecular weight excluding hydrogens is 440 g/mol. The van der Waals surface area contributed by atoms with Crippen LogP contribution in [0.1, 0.15) is 28.4 Å². The molecule has 0 unspecified atom stereocenters. The smallest absolute Gasteiger partial charge is 0.278 e. The van der Waals surface area contributed by atoms with E-state index < -0.39 is 0 Å². The number of anilines is 1. The van der Waals surface area contributed by atoms with Crippen molar-refractivity contribution in [3.8, 4) is 0 Å². The Labute approximate surface area is 201 Å². The fraction of sp³-hybridized carbons (Fsp3) is 0.143. The summed E-state index contributed by atoms with van der Waals surface area (Å²) in [5, 5.41) is 3.68. The van der Waals surface area contributed by atoms with E-state index in [1.54, 1.807) is 39.7 Å². The van der Waals surface area contributed by atoms with Crippen LogP contribution in [0.5, 0.6) is 0 Å². The number of rotatable bonds is 6. The molecular formula is C28H24N4O3. The first kappa shape index (κ1) is 22.3. The van der Waals surface area contributed by atoms with E-state index in [9.17, 15) is 14.4 Å². The molecule has 0 aliphatic heterocycles. The van der Waals surface area contributed by atoms with E-state index in [2.05, 4.69) is 10.3 Å². The molecule has 2 aromatic heterocycles. The predicted molar refractivity (Wildman–Crippen MR) is 137 cm³/mol. The van der Waals surface area contributed by atoms with Crippen LogP contribution in [0.4, 0.5) is 5.69 Å². The number of nitrogens with one attached hydrogen (secondary N) is 1. The Morgan fingerprint density at radius 2 is 1.77 bits per heavy atom. The second-order valence-corrected chi connectivity index (χ2v) is 8.65. The zero-order valence-corrected chi connectivity index (χ0v) is 19.5. The molecule has 1 amide bonds. The van der Waals surface area contributed by atoms with Gasteiger partial charge in [0.2, 0.25) is 5.91 Å². The third kappa shape index (κ3) is 4.36. The molecule has 5 rings (SSSR count). The number of Topliss-reactive ketones (excluding diaryl/α,β-unsaturated/α-hetero) is 1. The number of ketones is 1. The number of benzene rings is 3. The molecule has 0 atom stereocenters. The monoisotopic (exact) mass is 464 g/mol. The highest BCUT2D eigenvalue weighted by molar-refractivity contribution is 6.07. The SMILES string of the molecule is CC(=O)c1cccc(NC(=O)Cn2c3ccc(C)cc3c3ncn(Cc4ccccc4)c(=O)c32)c1. The molecule has 1 N–H and O–H groups in total. The Balaban J connectivity index is 1.58. The number of hydrogen-bond acceptors (Lipinski definition) is 4. The van der Waals surface area contributed by atoms with Gasteiger partial charge in [0.15, 0.2) is 5.78 Å². The molecule has 35 heavy (non-hydrogen) atoms. The Bertz CT molecular complexity index is 1650. The van der Waals surface area contributed by atoms with Crippen LogP contribution in [0.15, 0.2) is 83.9 Å². The van der Waals surface area contributed by atoms with Crippen molar-refractivity contribution in [2.75, 3.05) is 5.32 Å². The Morgan fingerprint density at radius 3 is 2.54 bits per heavy atom. The van der Waals surface area contributed by atoms with Gasteiger partial charge < -0.3 is 9.88 Å². The summed E-state index contributed by atoms with van der Waals surface area (Å²) in [5.41, 5.74) is 4.58. The van der Waals surface area contributed by atoms with Gasteiger partial charge >= 0.3 is 0 Å². The van der Waals surface area contributed by atoms with E-state index in [-0.39, 0.29) is 23.8 Å². The highest BCUT2D eigenvalue weighted by Gasteiger charge is 2.19. The molecule has 7 heteroatoms. The molecule has 0 spiro atoms. The van der Waals surface area contributed by atoms with Gasteiger partial charge in [0, 0.05) is 16.6 Å². The summed E-state index contributed by atoms with van der Waals surface area (Å²) in [6, 6.07) is 22.3. The summed E-state index contributed by atoms with van der Waals surface area (Å²) in [7, 11) is 0. The summed E-state index contributed by atoms with van der Waals surface area (Å²) in [6.45, 7) is 3.77. The van der Waals surface area contributed by atoms with Crippen LogP contribution < -0.4 is 10.9 Å². The topological polar surface area (TPSA) is 86.0 Å². The minimum atomic E-state index is -0.303. The van der Waals surface area contributed by atoms with Gasteiger partial charge in [-0.25, -0.2) is 4.98 Å². The van der Waals surface area contributed by atoms with Crippen molar-refractivity contribution < 1.29 is 9.59 Å². The van der Waals surface area contributed by atoms with Crippen molar-refractivity contribution in [2.24, 2.45) is 0 Å². The lowest BCUT2D eigenvalue weighted by Gasteiger charge is -2.10. The number of hydrogen-bond donors (Lipinski definition) is 1. The van der Waals surface area contributed by atoms with Gasteiger partial charge in [0.05, 0.1) is 18.4 Å². The lowest BCUT2D eigenvalue weighted by molar-refractivity contribution is -0.116. The van der Waals surface area contributed by atoms with Crippen molar-refractivity contribution in [1.82, 2.24) is 14.1 Å². The Kier molecular flexibility index (Phi) is 5.74. The normalized spacial score (nSPS) is 11.1. The summed E-state index contributed by atoms with van der Waals surface area (Å²) < 4.78 is 3.29. The van der Waals surface area contributed by atoms with Crippen molar-refractivity contribution in [3.63, 3.8) is 0 Å². The zero-order valence-electron chi connectivity index (χ0n) is 19.5. The molecule has 0 radical (unpaired) electrons. The number of fused-ring (bicyclic) bond motifs is 3. The number of aromatic nitrogens is 3. The average Bonchev–Trinajstić information content (AvgIpc) is 3.14. The van der Waals surface area contributed by atoms with E-state index >= 15 is 0 Å². The molecule has 0 bridgehead atoms. The van der Waals surface area contributed by atoms with Gasteiger partial charge in [-0.1, -0.05) is 54.1 Å². The fourth-order valence-electron chi connectivity index (χ4n) is 4.33. The molecule has 0 saturated heterocycles. The molecule has 174 valence electrons. The second kappa shape index (κ2) is 9.02. The summed E-state index contributed by atoms with van der Waals surface area (Å²) in [4.78, 5) is 43.0. The minimum absolute atomic E-state index is 0.0698. The number of aryl methyl sites for hydroxylation is 1. The van der Waals surface area contributed by atoms with Crippen molar-refractivity contribution in [3.05, 3.63) is 106 Å². The van der Waals surface area contributed by atoms with Gasteiger partial charge in [0.1, 0.15) is 17.6 Å². The maximum absolute atomic E-state index is 13.6. The third-order valence-corrected chi connectivity index (χ3v) is 6.03. The minimum Gasteiger partial charge on any atom is -0.325 e. The quantitative estimate of drug-likeness (QED) is 0.374. The second-order valence-electron chi connectivity index (χ2n) is 8.65. The molecule has 0 fully saturated rings. The van der Waals surface area contributed by atoms with Gasteiger partial charge in [-0.05, 0) is 43.7 Å². The van der Waals surface area contributed by atoms with E-state index in [1.807, 2.05) is 55.5 Å². The van der Waals surface area contributed by atoms with Crippen LogP contribution in [0.25, 0.3) is 21.9 Å². The maximum atomic E-state index is 13.6. The first-order valence-corrected chi connectivity index (χ1v) is 11.3. The Morgan fingerprint density at radius 1 is 0.971 bits per heavy atom. The van der Waals surface area contributed by atoms with E-state index in [1.165, 1.54) is 6.92 Å². The van der Waals surface area contributed by atoms with Gasteiger partial charge in [-0.15, -0.1) is 0 Å².